The van der Waals surface area contributed by atoms with Crippen LogP contribution in [0.25, 0.3) is 0 Å². The van der Waals surface area contributed by atoms with Gasteiger partial charge in [0.2, 0.25) is 0 Å². The van der Waals surface area contributed by atoms with E-state index < -0.39 is 15.2 Å². The van der Waals surface area contributed by atoms with Crippen molar-refractivity contribution in [3.8, 4) is 0 Å². The highest BCUT2D eigenvalue weighted by atomic mass is 32.2. The lowest BCUT2D eigenvalue weighted by Crippen LogP contribution is -2.54. The van der Waals surface area contributed by atoms with Crippen LogP contribution in [-0.2, 0) is 9.84 Å². The van der Waals surface area contributed by atoms with Crippen LogP contribution in [0.4, 0.5) is 4.79 Å². The smallest absolute Gasteiger partial charge is 0.321 e. The lowest BCUT2D eigenvalue weighted by Gasteiger charge is -2.36. The molecule has 0 spiro atoms. The van der Waals surface area contributed by atoms with Gasteiger partial charge in [-0.15, -0.1) is 0 Å². The predicted octanol–water partition coefficient (Wildman–Crippen LogP) is 0.622. The van der Waals surface area contributed by atoms with E-state index in [-0.39, 0.29) is 6.03 Å². The summed E-state index contributed by atoms with van der Waals surface area (Å²) in [6.07, 6.45) is 3.27. The van der Waals surface area contributed by atoms with Crippen molar-refractivity contribution in [1.29, 1.82) is 0 Å². The molecule has 1 unspecified atom stereocenters. The van der Waals surface area contributed by atoms with Gasteiger partial charge >= 0.3 is 6.03 Å². The number of hydrogen-bond acceptors (Lipinski definition) is 4. The predicted molar refractivity (Wildman–Crippen MR) is 68.9 cm³/mol. The van der Waals surface area contributed by atoms with Crippen molar-refractivity contribution >= 4 is 27.6 Å². The van der Waals surface area contributed by atoms with Gasteiger partial charge in [-0.3, -0.25) is 0 Å². The molecule has 0 saturated carbocycles. The molecule has 5 nitrogen and oxygen atoms in total. The first-order valence-electron chi connectivity index (χ1n) is 5.82. The standard InChI is InChI=1S/C10H18N2O3S2/c1-17(14,15)9-8-16-7-6-12(9)10(13)11-4-2-3-5-11/h9H,2-8H2,1H3. The zero-order valence-electron chi connectivity index (χ0n) is 9.96. The monoisotopic (exact) mass is 278 g/mol. The highest BCUT2D eigenvalue weighted by Crippen LogP contribution is 2.23. The van der Waals surface area contributed by atoms with E-state index in [4.69, 9.17) is 0 Å². The Morgan fingerprint density at radius 3 is 2.47 bits per heavy atom. The minimum absolute atomic E-state index is 0.0989. The number of amides is 2. The summed E-state index contributed by atoms with van der Waals surface area (Å²) < 4.78 is 23.4. The van der Waals surface area contributed by atoms with Crippen LogP contribution in [0.3, 0.4) is 0 Å². The Morgan fingerprint density at radius 1 is 1.24 bits per heavy atom. The molecule has 1 atom stereocenters. The molecule has 0 aromatic rings. The SMILES string of the molecule is CS(=O)(=O)C1CSCCN1C(=O)N1CCCC1. The number of nitrogens with zero attached hydrogens (tertiary/aromatic N) is 2. The Balaban J connectivity index is 2.13. The second-order valence-electron chi connectivity index (χ2n) is 4.53. The van der Waals surface area contributed by atoms with E-state index in [0.717, 1.165) is 31.7 Å². The van der Waals surface area contributed by atoms with Crippen LogP contribution in [0, 0.1) is 0 Å². The lowest BCUT2D eigenvalue weighted by atomic mass is 10.4. The van der Waals surface area contributed by atoms with Gasteiger partial charge < -0.3 is 9.80 Å². The fourth-order valence-corrected chi connectivity index (χ4v) is 5.05. The van der Waals surface area contributed by atoms with Crippen molar-refractivity contribution in [1.82, 2.24) is 9.80 Å². The summed E-state index contributed by atoms with van der Waals surface area (Å²) in [7, 11) is -3.19. The molecule has 98 valence electrons. The minimum Gasteiger partial charge on any atom is -0.325 e. The van der Waals surface area contributed by atoms with Crippen molar-refractivity contribution in [2.24, 2.45) is 0 Å². The van der Waals surface area contributed by atoms with Gasteiger partial charge in [-0.2, -0.15) is 11.8 Å². The van der Waals surface area contributed by atoms with Crippen molar-refractivity contribution < 1.29 is 13.2 Å². The third kappa shape index (κ3) is 2.88. The molecule has 17 heavy (non-hydrogen) atoms. The fourth-order valence-electron chi connectivity index (χ4n) is 2.24. The first kappa shape index (κ1) is 13.0. The van der Waals surface area contributed by atoms with Gasteiger partial charge in [0.05, 0.1) is 0 Å². The summed E-state index contributed by atoms with van der Waals surface area (Å²) in [5, 5.41) is -0.644. The molecule has 0 aromatic carbocycles. The summed E-state index contributed by atoms with van der Waals surface area (Å²) in [5.41, 5.74) is 0. The van der Waals surface area contributed by atoms with Gasteiger partial charge in [0.25, 0.3) is 0 Å². The average Bonchev–Trinajstić information content (AvgIpc) is 2.80. The van der Waals surface area contributed by atoms with E-state index in [1.807, 2.05) is 0 Å². The molecule has 7 heteroatoms. The largest absolute Gasteiger partial charge is 0.325 e. The van der Waals surface area contributed by atoms with E-state index in [1.165, 1.54) is 11.2 Å². The van der Waals surface area contributed by atoms with Crippen LogP contribution in [0.5, 0.6) is 0 Å². The molecule has 0 bridgehead atoms. The van der Waals surface area contributed by atoms with Gasteiger partial charge in [0.15, 0.2) is 9.84 Å². The van der Waals surface area contributed by atoms with Crippen LogP contribution < -0.4 is 0 Å². The second-order valence-corrected chi connectivity index (χ2v) is 7.88. The third-order valence-electron chi connectivity index (χ3n) is 3.20. The van der Waals surface area contributed by atoms with Crippen molar-refractivity contribution in [3.63, 3.8) is 0 Å². The number of thioether (sulfide) groups is 1. The molecule has 2 fully saturated rings. The highest BCUT2D eigenvalue weighted by molar-refractivity contribution is 8.00. The van der Waals surface area contributed by atoms with E-state index >= 15 is 0 Å². The Bertz CT molecular complexity index is 390. The highest BCUT2D eigenvalue weighted by Gasteiger charge is 2.36. The number of sulfone groups is 1. The molecule has 0 N–H and O–H groups in total. The lowest BCUT2D eigenvalue weighted by molar-refractivity contribution is 0.161. The summed E-state index contributed by atoms with van der Waals surface area (Å²) in [4.78, 5) is 15.5. The quantitative estimate of drug-likeness (QED) is 0.705. The maximum absolute atomic E-state index is 12.2. The number of carbonyl (C=O) groups is 1. The normalized spacial score (nSPS) is 26.3. The van der Waals surface area contributed by atoms with Crippen LogP contribution in [-0.4, -0.2) is 67.0 Å². The number of carbonyl (C=O) groups excluding carboxylic acids is 1. The summed E-state index contributed by atoms with van der Waals surface area (Å²) in [6, 6.07) is -0.0989. The molecule has 2 aliphatic rings. The maximum Gasteiger partial charge on any atom is 0.321 e. The zero-order valence-corrected chi connectivity index (χ0v) is 11.6. The fraction of sp³-hybridized carbons (Fsp3) is 0.900. The van der Waals surface area contributed by atoms with Crippen molar-refractivity contribution in [2.75, 3.05) is 37.4 Å². The second kappa shape index (κ2) is 5.06. The average molecular weight is 278 g/mol. The number of likely N-dealkylation sites (tertiary alicyclic amines) is 1. The molecule has 0 radical (unpaired) electrons. The van der Waals surface area contributed by atoms with E-state index in [0.29, 0.717) is 12.3 Å². The third-order valence-corrected chi connectivity index (χ3v) is 5.84. The molecular formula is C10H18N2O3S2. The number of rotatable bonds is 1. The van der Waals surface area contributed by atoms with Crippen LogP contribution in [0.2, 0.25) is 0 Å². The molecule has 0 aromatic heterocycles. The Kier molecular flexibility index (Phi) is 3.87. The number of urea groups is 1. The summed E-state index contributed by atoms with van der Waals surface area (Å²) in [6.45, 7) is 2.07. The summed E-state index contributed by atoms with van der Waals surface area (Å²) >= 11 is 1.60. The maximum atomic E-state index is 12.2. The first-order valence-corrected chi connectivity index (χ1v) is 8.93. The van der Waals surface area contributed by atoms with Crippen LogP contribution in [0.15, 0.2) is 0 Å². The molecular weight excluding hydrogens is 260 g/mol. The Morgan fingerprint density at radius 2 is 1.88 bits per heavy atom. The van der Waals surface area contributed by atoms with Gasteiger partial charge in [-0.05, 0) is 12.8 Å². The van der Waals surface area contributed by atoms with Crippen molar-refractivity contribution in [2.45, 2.75) is 18.2 Å². The van der Waals surface area contributed by atoms with E-state index in [9.17, 15) is 13.2 Å². The Labute approximate surface area is 106 Å². The van der Waals surface area contributed by atoms with E-state index in [1.54, 1.807) is 16.7 Å². The molecule has 2 aliphatic heterocycles. The Hall–Kier alpha value is -0.430. The number of hydrogen-bond donors (Lipinski definition) is 0. The van der Waals surface area contributed by atoms with Gasteiger partial charge in [-0.25, -0.2) is 13.2 Å². The minimum atomic E-state index is -3.19. The molecule has 2 saturated heterocycles. The van der Waals surface area contributed by atoms with Crippen molar-refractivity contribution in [3.05, 3.63) is 0 Å². The molecule has 2 heterocycles. The van der Waals surface area contributed by atoms with Gasteiger partial charge in [0.1, 0.15) is 5.37 Å². The molecule has 0 aliphatic carbocycles. The molecule has 2 rings (SSSR count). The van der Waals surface area contributed by atoms with Gasteiger partial charge in [0, 0.05) is 37.4 Å². The zero-order chi connectivity index (χ0) is 12.5. The van der Waals surface area contributed by atoms with Crippen LogP contribution >= 0.6 is 11.8 Å². The van der Waals surface area contributed by atoms with Gasteiger partial charge in [-0.1, -0.05) is 0 Å². The van der Waals surface area contributed by atoms with Crippen LogP contribution in [0.1, 0.15) is 12.8 Å². The first-order chi connectivity index (χ1) is 8.00. The molecule has 2 amide bonds. The topological polar surface area (TPSA) is 57.7 Å². The van der Waals surface area contributed by atoms with E-state index in [2.05, 4.69) is 0 Å². The summed E-state index contributed by atoms with van der Waals surface area (Å²) in [5.74, 6) is 1.32.